The Labute approximate surface area is 115 Å². The van der Waals surface area contributed by atoms with E-state index in [1.165, 1.54) is 27.7 Å². The van der Waals surface area contributed by atoms with Crippen molar-refractivity contribution in [3.8, 4) is 0 Å². The van der Waals surface area contributed by atoms with Crippen molar-refractivity contribution in [2.45, 2.75) is 52.1 Å². The van der Waals surface area contributed by atoms with Gasteiger partial charge in [0, 0.05) is 42.7 Å². The summed E-state index contributed by atoms with van der Waals surface area (Å²) < 4.78 is 2.38. The Balaban J connectivity index is 2.24. The quantitative estimate of drug-likeness (QED) is 0.763. The fourth-order valence-electron chi connectivity index (χ4n) is 3.14. The lowest BCUT2D eigenvalue weighted by molar-refractivity contribution is 0.501. The predicted octanol–water partition coefficient (Wildman–Crippen LogP) is 3.51. The first-order chi connectivity index (χ1) is 8.88. The zero-order chi connectivity index (χ0) is 13.8. The average Bonchev–Trinajstić information content (AvgIpc) is 2.61. The highest BCUT2D eigenvalue weighted by Crippen LogP contribution is 2.32. The molecule has 1 aromatic carbocycles. The van der Waals surface area contributed by atoms with Crippen LogP contribution in [-0.4, -0.2) is 10.6 Å². The molecule has 1 atom stereocenters. The maximum absolute atomic E-state index is 3.59. The second-order valence-corrected chi connectivity index (χ2v) is 6.95. The smallest absolute Gasteiger partial charge is 0.0483 e. The van der Waals surface area contributed by atoms with Gasteiger partial charge in [-0.15, -0.1) is 0 Å². The molecular formula is C17H24N2. The van der Waals surface area contributed by atoms with Gasteiger partial charge in [-0.25, -0.2) is 0 Å². The second kappa shape index (κ2) is 4.11. The number of fused-ring (bicyclic) bond motifs is 3. The molecule has 1 aliphatic heterocycles. The van der Waals surface area contributed by atoms with E-state index in [0.29, 0.717) is 6.04 Å². The van der Waals surface area contributed by atoms with E-state index in [0.717, 1.165) is 13.0 Å². The molecule has 2 heterocycles. The van der Waals surface area contributed by atoms with Crippen LogP contribution in [0.2, 0.25) is 0 Å². The largest absolute Gasteiger partial charge is 0.347 e. The lowest BCUT2D eigenvalue weighted by Crippen LogP contribution is -2.33. The van der Waals surface area contributed by atoms with Gasteiger partial charge in [-0.3, -0.25) is 0 Å². The molecule has 3 rings (SSSR count). The van der Waals surface area contributed by atoms with Crippen molar-refractivity contribution >= 4 is 10.9 Å². The van der Waals surface area contributed by atoms with E-state index in [2.05, 4.69) is 62.8 Å². The zero-order valence-electron chi connectivity index (χ0n) is 12.7. The summed E-state index contributed by atoms with van der Waals surface area (Å²) in [7, 11) is 2.20. The number of nitrogens with zero attached hydrogens (tertiary/aromatic N) is 1. The molecule has 19 heavy (non-hydrogen) atoms. The van der Waals surface area contributed by atoms with E-state index < -0.39 is 0 Å². The molecule has 0 bridgehead atoms. The lowest BCUT2D eigenvalue weighted by Gasteiger charge is -2.22. The maximum Gasteiger partial charge on any atom is 0.0483 e. The number of aryl methyl sites for hydroxylation is 1. The summed E-state index contributed by atoms with van der Waals surface area (Å²) in [5.74, 6) is 0. The van der Waals surface area contributed by atoms with Gasteiger partial charge in [0.15, 0.2) is 0 Å². The van der Waals surface area contributed by atoms with Crippen LogP contribution in [0.1, 0.15) is 44.5 Å². The minimum atomic E-state index is 0.215. The third kappa shape index (κ3) is 1.99. The molecule has 0 fully saturated rings. The van der Waals surface area contributed by atoms with Crippen molar-refractivity contribution in [1.29, 1.82) is 0 Å². The minimum Gasteiger partial charge on any atom is -0.347 e. The van der Waals surface area contributed by atoms with Gasteiger partial charge in [-0.1, -0.05) is 26.8 Å². The molecular weight excluding hydrogens is 232 g/mol. The van der Waals surface area contributed by atoms with Gasteiger partial charge in [-0.2, -0.15) is 0 Å². The Morgan fingerprint density at radius 3 is 2.68 bits per heavy atom. The van der Waals surface area contributed by atoms with E-state index in [4.69, 9.17) is 0 Å². The molecule has 0 saturated heterocycles. The highest BCUT2D eigenvalue weighted by Gasteiger charge is 2.23. The second-order valence-electron chi connectivity index (χ2n) is 6.95. The molecule has 102 valence electrons. The number of nitrogens with one attached hydrogen (secondary N) is 1. The predicted molar refractivity (Wildman–Crippen MR) is 81.6 cm³/mol. The summed E-state index contributed by atoms with van der Waals surface area (Å²) in [6, 6.07) is 7.55. The van der Waals surface area contributed by atoms with Gasteiger partial charge in [0.1, 0.15) is 0 Å². The van der Waals surface area contributed by atoms with E-state index in [1.807, 2.05) is 0 Å². The fourth-order valence-corrected chi connectivity index (χ4v) is 3.14. The molecule has 2 aromatic rings. The Bertz CT molecular complexity index is 629. The molecule has 0 spiro atoms. The van der Waals surface area contributed by atoms with E-state index in [1.54, 1.807) is 0 Å². The zero-order valence-corrected chi connectivity index (χ0v) is 12.7. The van der Waals surface area contributed by atoms with Crippen molar-refractivity contribution in [2.75, 3.05) is 0 Å². The highest BCUT2D eigenvalue weighted by atomic mass is 15.0. The first-order valence-electron chi connectivity index (χ1n) is 7.22. The number of benzene rings is 1. The molecule has 1 aromatic heterocycles. The molecule has 1 N–H and O–H groups in total. The highest BCUT2D eigenvalue weighted by molar-refractivity contribution is 5.86. The first kappa shape index (κ1) is 12.7. The molecule has 1 unspecified atom stereocenters. The first-order valence-corrected chi connectivity index (χ1v) is 7.22. The Kier molecular flexibility index (Phi) is 2.75. The van der Waals surface area contributed by atoms with E-state index >= 15 is 0 Å². The Morgan fingerprint density at radius 1 is 1.26 bits per heavy atom. The summed E-state index contributed by atoms with van der Waals surface area (Å²) in [6.45, 7) is 10.1. The number of hydrogen-bond acceptors (Lipinski definition) is 1. The molecule has 1 aliphatic rings. The summed E-state index contributed by atoms with van der Waals surface area (Å²) in [5.41, 5.74) is 6.02. The SMILES string of the molecule is CC1Cc2c(c3cc(C(C)(C)C)ccc3n2C)CN1. The minimum absolute atomic E-state index is 0.215. The Morgan fingerprint density at radius 2 is 2.00 bits per heavy atom. The van der Waals surface area contributed by atoms with Crippen LogP contribution in [0.25, 0.3) is 10.9 Å². The third-order valence-electron chi connectivity index (χ3n) is 4.43. The van der Waals surface area contributed by atoms with Crippen LogP contribution in [0, 0.1) is 0 Å². The van der Waals surface area contributed by atoms with Gasteiger partial charge in [0.25, 0.3) is 0 Å². The maximum atomic E-state index is 3.59. The standard InChI is InChI=1S/C17H24N2/c1-11-8-16-14(10-18-11)13-9-12(17(2,3)4)6-7-15(13)19(16)5/h6-7,9,11,18H,8,10H2,1-5H3. The van der Waals surface area contributed by atoms with Crippen LogP contribution >= 0.6 is 0 Å². The number of hydrogen-bond donors (Lipinski definition) is 1. The topological polar surface area (TPSA) is 17.0 Å². The molecule has 0 amide bonds. The van der Waals surface area contributed by atoms with E-state index in [-0.39, 0.29) is 5.41 Å². The van der Waals surface area contributed by atoms with E-state index in [9.17, 15) is 0 Å². The fraction of sp³-hybridized carbons (Fsp3) is 0.529. The van der Waals surface area contributed by atoms with Crippen LogP contribution in [0.5, 0.6) is 0 Å². The van der Waals surface area contributed by atoms with Crippen molar-refractivity contribution in [3.63, 3.8) is 0 Å². The van der Waals surface area contributed by atoms with Crippen molar-refractivity contribution < 1.29 is 0 Å². The van der Waals surface area contributed by atoms with Crippen LogP contribution in [0.15, 0.2) is 18.2 Å². The monoisotopic (exact) mass is 256 g/mol. The molecule has 2 heteroatoms. The lowest BCUT2D eigenvalue weighted by atomic mass is 9.86. The van der Waals surface area contributed by atoms with Crippen LogP contribution in [-0.2, 0) is 25.4 Å². The Hall–Kier alpha value is -1.28. The molecule has 0 aliphatic carbocycles. The summed E-state index contributed by atoms with van der Waals surface area (Å²) in [4.78, 5) is 0. The van der Waals surface area contributed by atoms with Crippen LogP contribution in [0.3, 0.4) is 0 Å². The van der Waals surface area contributed by atoms with Crippen LogP contribution < -0.4 is 5.32 Å². The van der Waals surface area contributed by atoms with Gasteiger partial charge in [0.05, 0.1) is 0 Å². The molecule has 0 saturated carbocycles. The van der Waals surface area contributed by atoms with Crippen molar-refractivity contribution in [2.24, 2.45) is 7.05 Å². The van der Waals surface area contributed by atoms with Crippen LogP contribution in [0.4, 0.5) is 0 Å². The number of rotatable bonds is 0. The van der Waals surface area contributed by atoms with Gasteiger partial charge in [0.2, 0.25) is 0 Å². The van der Waals surface area contributed by atoms with Gasteiger partial charge < -0.3 is 9.88 Å². The summed E-state index contributed by atoms with van der Waals surface area (Å²) in [6.07, 6.45) is 1.13. The van der Waals surface area contributed by atoms with Crippen molar-refractivity contribution in [1.82, 2.24) is 9.88 Å². The van der Waals surface area contributed by atoms with Gasteiger partial charge in [-0.05, 0) is 35.6 Å². The van der Waals surface area contributed by atoms with Gasteiger partial charge >= 0.3 is 0 Å². The average molecular weight is 256 g/mol. The van der Waals surface area contributed by atoms with Crippen molar-refractivity contribution in [3.05, 3.63) is 35.0 Å². The normalized spacial score (nSPS) is 19.7. The summed E-state index contributed by atoms with van der Waals surface area (Å²) >= 11 is 0. The summed E-state index contributed by atoms with van der Waals surface area (Å²) in [5, 5.41) is 5.02. The molecule has 0 radical (unpaired) electrons. The third-order valence-corrected chi connectivity index (χ3v) is 4.43. The molecule has 2 nitrogen and oxygen atoms in total. The number of aromatic nitrogens is 1.